The molecular weight excluding hydrogens is 352 g/mol. The van der Waals surface area contributed by atoms with Gasteiger partial charge in [-0.05, 0) is 36.0 Å². The lowest BCUT2D eigenvalue weighted by Crippen LogP contribution is -2.35. The number of para-hydroxylation sites is 1. The number of urea groups is 1. The first-order chi connectivity index (χ1) is 12.1. The monoisotopic (exact) mass is 376 g/mol. The van der Waals surface area contributed by atoms with Gasteiger partial charge in [-0.3, -0.25) is 0 Å². The van der Waals surface area contributed by atoms with Crippen molar-refractivity contribution in [3.05, 3.63) is 47.4 Å². The molecule has 0 spiro atoms. The zero-order valence-corrected chi connectivity index (χ0v) is 16.4. The van der Waals surface area contributed by atoms with Crippen molar-refractivity contribution < 1.29 is 13.2 Å². The lowest BCUT2D eigenvalue weighted by molar-refractivity contribution is 0.256. The molecule has 0 atom stereocenters. The molecule has 26 heavy (non-hydrogen) atoms. The Bertz CT molecular complexity index is 882. The fraction of sp³-hybridized carbons (Fsp3) is 0.389. The fourth-order valence-corrected chi connectivity index (χ4v) is 3.48. The average Bonchev–Trinajstić information content (AvgIpc) is 2.54. The van der Waals surface area contributed by atoms with Crippen LogP contribution in [0.3, 0.4) is 0 Å². The first-order valence-corrected chi connectivity index (χ1v) is 9.86. The second kappa shape index (κ2) is 7.82. The van der Waals surface area contributed by atoms with Crippen LogP contribution >= 0.6 is 0 Å². The minimum absolute atomic E-state index is 0.171. The molecule has 2 amide bonds. The number of benzene rings is 1. The van der Waals surface area contributed by atoms with Crippen LogP contribution < -0.4 is 10.0 Å². The number of aryl methyl sites for hydroxylation is 1. The van der Waals surface area contributed by atoms with Crippen molar-refractivity contribution in [2.75, 3.05) is 5.32 Å². The summed E-state index contributed by atoms with van der Waals surface area (Å²) in [6.07, 6.45) is 1.33. The number of aromatic nitrogens is 2. The SMILES string of the molecule is Cc1nccc(S(=O)(=O)NC(=O)Nc2c(C(C)C)cccc2C(C)C)n1. The van der Waals surface area contributed by atoms with Crippen molar-refractivity contribution >= 4 is 21.7 Å². The molecule has 0 aliphatic carbocycles. The Hall–Kier alpha value is -2.48. The first kappa shape index (κ1) is 19.8. The van der Waals surface area contributed by atoms with E-state index in [0.717, 1.165) is 11.1 Å². The molecule has 1 aromatic heterocycles. The Balaban J connectivity index is 2.30. The highest BCUT2D eigenvalue weighted by Crippen LogP contribution is 2.32. The second-order valence-corrected chi connectivity index (χ2v) is 8.25. The van der Waals surface area contributed by atoms with Crippen molar-refractivity contribution in [3.63, 3.8) is 0 Å². The fourth-order valence-electron chi connectivity index (χ4n) is 2.59. The van der Waals surface area contributed by atoms with Gasteiger partial charge in [-0.1, -0.05) is 45.9 Å². The van der Waals surface area contributed by atoms with Crippen LogP contribution in [0.15, 0.2) is 35.5 Å². The number of nitrogens with one attached hydrogen (secondary N) is 2. The molecule has 0 bridgehead atoms. The van der Waals surface area contributed by atoms with Crippen LogP contribution in [0.25, 0.3) is 0 Å². The van der Waals surface area contributed by atoms with Crippen LogP contribution in [0.5, 0.6) is 0 Å². The number of carbonyl (C=O) groups is 1. The normalized spacial score (nSPS) is 11.7. The summed E-state index contributed by atoms with van der Waals surface area (Å²) in [7, 11) is -4.08. The van der Waals surface area contributed by atoms with Crippen LogP contribution in [-0.2, 0) is 10.0 Å². The molecule has 1 aromatic carbocycles. The maximum Gasteiger partial charge on any atom is 0.333 e. The molecule has 0 aliphatic heterocycles. The highest BCUT2D eigenvalue weighted by molar-refractivity contribution is 7.90. The van der Waals surface area contributed by atoms with Crippen LogP contribution in [0.4, 0.5) is 10.5 Å². The zero-order valence-electron chi connectivity index (χ0n) is 15.6. The van der Waals surface area contributed by atoms with Gasteiger partial charge in [0.1, 0.15) is 5.82 Å². The topological polar surface area (TPSA) is 101 Å². The summed E-state index contributed by atoms with van der Waals surface area (Å²) in [5.41, 5.74) is 2.53. The summed E-state index contributed by atoms with van der Waals surface area (Å²) >= 11 is 0. The van der Waals surface area contributed by atoms with Gasteiger partial charge in [0.15, 0.2) is 5.03 Å². The summed E-state index contributed by atoms with van der Waals surface area (Å²) < 4.78 is 26.7. The number of hydrogen-bond donors (Lipinski definition) is 2. The van der Waals surface area contributed by atoms with Gasteiger partial charge in [0.25, 0.3) is 10.0 Å². The van der Waals surface area contributed by atoms with Crippen molar-refractivity contribution in [1.29, 1.82) is 0 Å². The zero-order chi connectivity index (χ0) is 19.5. The van der Waals surface area contributed by atoms with E-state index < -0.39 is 16.1 Å². The summed E-state index contributed by atoms with van der Waals surface area (Å²) in [5.74, 6) is 0.649. The number of anilines is 1. The van der Waals surface area contributed by atoms with Crippen LogP contribution in [0.1, 0.15) is 56.5 Å². The van der Waals surface area contributed by atoms with E-state index >= 15 is 0 Å². The molecule has 0 unspecified atom stereocenters. The Morgan fingerprint density at radius 3 is 2.12 bits per heavy atom. The van der Waals surface area contributed by atoms with Crippen LogP contribution in [0.2, 0.25) is 0 Å². The summed E-state index contributed by atoms with van der Waals surface area (Å²) in [6, 6.07) is 6.21. The predicted octanol–water partition coefficient (Wildman–Crippen LogP) is 3.54. The van der Waals surface area contributed by atoms with E-state index in [9.17, 15) is 13.2 Å². The molecule has 0 saturated heterocycles. The van der Waals surface area contributed by atoms with Gasteiger partial charge in [0, 0.05) is 11.9 Å². The van der Waals surface area contributed by atoms with E-state index in [4.69, 9.17) is 0 Å². The first-order valence-electron chi connectivity index (χ1n) is 8.38. The lowest BCUT2D eigenvalue weighted by atomic mass is 9.93. The quantitative estimate of drug-likeness (QED) is 0.777. The van der Waals surface area contributed by atoms with Gasteiger partial charge in [-0.2, -0.15) is 8.42 Å². The standard InChI is InChI=1S/C18H24N4O3S/c1-11(2)14-7-6-8-15(12(3)4)17(14)21-18(23)22-26(24,25)16-9-10-19-13(5)20-16/h6-12H,1-5H3,(H2,21,22,23). The molecule has 0 saturated carbocycles. The summed E-state index contributed by atoms with van der Waals surface area (Å²) in [4.78, 5) is 20.1. The number of carbonyl (C=O) groups excluding carboxylic acids is 1. The maximum atomic E-state index is 12.4. The van der Waals surface area contributed by atoms with E-state index in [1.807, 2.05) is 50.6 Å². The average molecular weight is 376 g/mol. The number of amides is 2. The smallest absolute Gasteiger partial charge is 0.307 e. The predicted molar refractivity (Wildman–Crippen MR) is 101 cm³/mol. The van der Waals surface area contributed by atoms with Crippen LogP contribution in [-0.4, -0.2) is 24.4 Å². The van der Waals surface area contributed by atoms with Gasteiger partial charge in [-0.15, -0.1) is 0 Å². The minimum atomic E-state index is -4.08. The third-order valence-electron chi connectivity index (χ3n) is 3.86. The number of hydrogen-bond acceptors (Lipinski definition) is 5. The Morgan fingerprint density at radius 1 is 1.04 bits per heavy atom. The molecule has 0 radical (unpaired) electrons. The molecule has 0 fully saturated rings. The van der Waals surface area contributed by atoms with Crippen molar-refractivity contribution in [2.45, 2.75) is 51.5 Å². The third-order valence-corrected chi connectivity index (χ3v) is 5.10. The van der Waals surface area contributed by atoms with Gasteiger partial charge < -0.3 is 5.32 Å². The Morgan fingerprint density at radius 2 is 1.62 bits per heavy atom. The summed E-state index contributed by atoms with van der Waals surface area (Å²) in [6.45, 7) is 9.64. The number of nitrogens with zero attached hydrogens (tertiary/aromatic N) is 2. The Labute approximate surface area is 154 Å². The van der Waals surface area contributed by atoms with E-state index in [1.54, 1.807) is 6.92 Å². The molecule has 2 rings (SSSR count). The largest absolute Gasteiger partial charge is 0.333 e. The molecule has 7 nitrogen and oxygen atoms in total. The van der Waals surface area contributed by atoms with Gasteiger partial charge >= 0.3 is 6.03 Å². The molecule has 1 heterocycles. The maximum absolute atomic E-state index is 12.4. The van der Waals surface area contributed by atoms with E-state index in [0.29, 0.717) is 11.5 Å². The molecule has 8 heteroatoms. The number of sulfonamides is 1. The van der Waals surface area contributed by atoms with E-state index in [2.05, 4.69) is 15.3 Å². The number of rotatable bonds is 5. The van der Waals surface area contributed by atoms with Gasteiger partial charge in [-0.25, -0.2) is 19.5 Å². The second-order valence-electron chi connectivity index (χ2n) is 6.62. The van der Waals surface area contributed by atoms with Gasteiger partial charge in [0.05, 0.1) is 0 Å². The van der Waals surface area contributed by atoms with Crippen molar-refractivity contribution in [1.82, 2.24) is 14.7 Å². The van der Waals surface area contributed by atoms with E-state index in [-0.39, 0.29) is 16.9 Å². The van der Waals surface area contributed by atoms with Crippen LogP contribution in [0, 0.1) is 6.92 Å². The van der Waals surface area contributed by atoms with E-state index in [1.165, 1.54) is 12.3 Å². The molecule has 2 aromatic rings. The molecule has 140 valence electrons. The Kier molecular flexibility index (Phi) is 5.97. The van der Waals surface area contributed by atoms with Crippen molar-refractivity contribution in [2.24, 2.45) is 0 Å². The highest BCUT2D eigenvalue weighted by atomic mass is 32.2. The van der Waals surface area contributed by atoms with Crippen molar-refractivity contribution in [3.8, 4) is 0 Å². The molecule has 0 aliphatic rings. The third kappa shape index (κ3) is 4.57. The lowest BCUT2D eigenvalue weighted by Gasteiger charge is -2.20. The highest BCUT2D eigenvalue weighted by Gasteiger charge is 2.22. The molecule has 2 N–H and O–H groups in total. The molecular formula is C18H24N4O3S. The summed E-state index contributed by atoms with van der Waals surface area (Å²) in [5, 5.41) is 2.46. The minimum Gasteiger partial charge on any atom is -0.307 e. The van der Waals surface area contributed by atoms with Gasteiger partial charge in [0.2, 0.25) is 0 Å².